The van der Waals surface area contributed by atoms with E-state index in [0.717, 1.165) is 0 Å². The SMILES string of the molecule is CCN(CC(N)=O)C(=O)c1cc(Br)ccc1O. The van der Waals surface area contributed by atoms with Crippen molar-refractivity contribution in [1.29, 1.82) is 0 Å². The third-order valence-corrected chi connectivity index (χ3v) is 2.70. The number of nitrogens with zero attached hydrogens (tertiary/aromatic N) is 1. The molecule has 0 aliphatic carbocycles. The van der Waals surface area contributed by atoms with Gasteiger partial charge in [0, 0.05) is 11.0 Å². The maximum Gasteiger partial charge on any atom is 0.258 e. The lowest BCUT2D eigenvalue weighted by molar-refractivity contribution is -0.118. The monoisotopic (exact) mass is 300 g/mol. The van der Waals surface area contributed by atoms with E-state index in [1.54, 1.807) is 13.0 Å². The number of halogens is 1. The number of nitrogens with two attached hydrogens (primary N) is 1. The van der Waals surface area contributed by atoms with Crippen LogP contribution in [0.15, 0.2) is 22.7 Å². The van der Waals surface area contributed by atoms with Gasteiger partial charge in [-0.2, -0.15) is 0 Å². The van der Waals surface area contributed by atoms with Crippen LogP contribution in [0.4, 0.5) is 0 Å². The van der Waals surface area contributed by atoms with Crippen molar-refractivity contribution in [3.63, 3.8) is 0 Å². The summed E-state index contributed by atoms with van der Waals surface area (Å²) in [5, 5.41) is 9.60. The van der Waals surface area contributed by atoms with Crippen LogP contribution in [-0.2, 0) is 4.79 Å². The molecule has 92 valence electrons. The number of benzene rings is 1. The van der Waals surface area contributed by atoms with Gasteiger partial charge in [0.05, 0.1) is 12.1 Å². The first-order valence-corrected chi connectivity index (χ1v) is 5.81. The molecule has 6 heteroatoms. The second kappa shape index (κ2) is 5.67. The normalized spacial score (nSPS) is 10.0. The smallest absolute Gasteiger partial charge is 0.258 e. The van der Waals surface area contributed by atoms with Gasteiger partial charge >= 0.3 is 0 Å². The van der Waals surface area contributed by atoms with Crippen LogP contribution < -0.4 is 5.73 Å². The molecule has 1 aromatic rings. The van der Waals surface area contributed by atoms with Crippen molar-refractivity contribution < 1.29 is 14.7 Å². The van der Waals surface area contributed by atoms with E-state index in [1.807, 2.05) is 0 Å². The van der Waals surface area contributed by atoms with Gasteiger partial charge in [-0.05, 0) is 25.1 Å². The maximum absolute atomic E-state index is 12.0. The largest absolute Gasteiger partial charge is 0.507 e. The van der Waals surface area contributed by atoms with E-state index in [0.29, 0.717) is 11.0 Å². The third-order valence-electron chi connectivity index (χ3n) is 2.20. The minimum atomic E-state index is -0.588. The van der Waals surface area contributed by atoms with Crippen LogP contribution in [0.2, 0.25) is 0 Å². The summed E-state index contributed by atoms with van der Waals surface area (Å²) in [6, 6.07) is 4.53. The lowest BCUT2D eigenvalue weighted by atomic mass is 10.1. The number of amides is 2. The van der Waals surface area contributed by atoms with Crippen LogP contribution in [0.25, 0.3) is 0 Å². The van der Waals surface area contributed by atoms with Crippen LogP contribution in [-0.4, -0.2) is 34.9 Å². The first kappa shape index (κ1) is 13.5. The van der Waals surface area contributed by atoms with Crippen molar-refractivity contribution in [2.75, 3.05) is 13.1 Å². The molecule has 0 atom stereocenters. The maximum atomic E-state index is 12.0. The molecule has 0 aliphatic heterocycles. The third kappa shape index (κ3) is 3.45. The summed E-state index contributed by atoms with van der Waals surface area (Å²) in [6.45, 7) is 1.91. The molecule has 0 aromatic heterocycles. The summed E-state index contributed by atoms with van der Waals surface area (Å²) in [4.78, 5) is 24.1. The molecule has 0 unspecified atom stereocenters. The van der Waals surface area contributed by atoms with Crippen LogP contribution in [0.5, 0.6) is 5.75 Å². The number of carbonyl (C=O) groups is 2. The van der Waals surface area contributed by atoms with Gasteiger partial charge in [0.2, 0.25) is 5.91 Å². The highest BCUT2D eigenvalue weighted by molar-refractivity contribution is 9.10. The van der Waals surface area contributed by atoms with E-state index in [1.165, 1.54) is 17.0 Å². The number of likely N-dealkylation sites (N-methyl/N-ethyl adjacent to an activating group) is 1. The van der Waals surface area contributed by atoms with Crippen LogP contribution in [0.3, 0.4) is 0 Å². The van der Waals surface area contributed by atoms with Gasteiger partial charge in [0.1, 0.15) is 5.75 Å². The molecule has 0 spiro atoms. The highest BCUT2D eigenvalue weighted by Crippen LogP contribution is 2.23. The molecule has 0 bridgehead atoms. The van der Waals surface area contributed by atoms with Crippen LogP contribution >= 0.6 is 15.9 Å². The Morgan fingerprint density at radius 2 is 2.12 bits per heavy atom. The number of hydrogen-bond donors (Lipinski definition) is 2. The molecule has 2 amide bonds. The minimum Gasteiger partial charge on any atom is -0.507 e. The summed E-state index contributed by atoms with van der Waals surface area (Å²) in [6.07, 6.45) is 0. The summed E-state index contributed by atoms with van der Waals surface area (Å²) in [5.74, 6) is -1.14. The molecular formula is C11H13BrN2O3. The van der Waals surface area contributed by atoms with Crippen molar-refractivity contribution in [3.8, 4) is 5.75 Å². The fourth-order valence-electron chi connectivity index (χ4n) is 1.37. The number of carbonyl (C=O) groups excluding carboxylic acids is 2. The molecule has 3 N–H and O–H groups in total. The van der Waals surface area contributed by atoms with E-state index >= 15 is 0 Å². The van der Waals surface area contributed by atoms with E-state index in [2.05, 4.69) is 15.9 Å². The number of primary amides is 1. The van der Waals surface area contributed by atoms with E-state index < -0.39 is 11.8 Å². The Morgan fingerprint density at radius 3 is 2.65 bits per heavy atom. The molecule has 17 heavy (non-hydrogen) atoms. The molecule has 1 rings (SSSR count). The predicted octanol–water partition coefficient (Wildman–Crippen LogP) is 1.10. The Kier molecular flexibility index (Phi) is 4.51. The standard InChI is InChI=1S/C11H13BrN2O3/c1-2-14(6-10(13)16)11(17)8-5-7(12)3-4-9(8)15/h3-5,15H,2,6H2,1H3,(H2,13,16). The van der Waals surface area contributed by atoms with Crippen molar-refractivity contribution in [1.82, 2.24) is 4.90 Å². The fourth-order valence-corrected chi connectivity index (χ4v) is 1.73. The fraction of sp³-hybridized carbons (Fsp3) is 0.273. The Labute approximate surface area is 107 Å². The number of phenolic OH excluding ortho intramolecular Hbond substituents is 1. The molecule has 0 saturated heterocycles. The molecule has 1 aromatic carbocycles. The average Bonchev–Trinajstić information content (AvgIpc) is 2.28. The highest BCUT2D eigenvalue weighted by Gasteiger charge is 2.19. The first-order chi connectivity index (χ1) is 7.95. The summed E-state index contributed by atoms with van der Waals surface area (Å²) in [5.41, 5.74) is 5.19. The van der Waals surface area contributed by atoms with Gasteiger partial charge in [-0.15, -0.1) is 0 Å². The first-order valence-electron chi connectivity index (χ1n) is 5.01. The predicted molar refractivity (Wildman–Crippen MR) is 66.6 cm³/mol. The quantitative estimate of drug-likeness (QED) is 0.873. The highest BCUT2D eigenvalue weighted by atomic mass is 79.9. The van der Waals surface area contributed by atoms with Crippen molar-refractivity contribution in [2.24, 2.45) is 5.73 Å². The van der Waals surface area contributed by atoms with Gasteiger partial charge in [0.25, 0.3) is 5.91 Å². The second-order valence-corrected chi connectivity index (χ2v) is 4.36. The molecule has 0 aliphatic rings. The zero-order valence-electron chi connectivity index (χ0n) is 9.31. The van der Waals surface area contributed by atoms with E-state index in [9.17, 15) is 14.7 Å². The molecular weight excluding hydrogens is 288 g/mol. The minimum absolute atomic E-state index is 0.124. The van der Waals surface area contributed by atoms with E-state index in [4.69, 9.17) is 5.73 Å². The van der Waals surface area contributed by atoms with Gasteiger partial charge in [-0.3, -0.25) is 9.59 Å². The lowest BCUT2D eigenvalue weighted by Crippen LogP contribution is -2.38. The molecule has 0 saturated carbocycles. The average molecular weight is 301 g/mol. The van der Waals surface area contributed by atoms with E-state index in [-0.39, 0.29) is 17.9 Å². The van der Waals surface area contributed by atoms with Gasteiger partial charge in [-0.1, -0.05) is 15.9 Å². The lowest BCUT2D eigenvalue weighted by Gasteiger charge is -2.19. The van der Waals surface area contributed by atoms with Gasteiger partial charge < -0.3 is 15.7 Å². The Bertz CT molecular complexity index is 448. The molecule has 5 nitrogen and oxygen atoms in total. The second-order valence-electron chi connectivity index (χ2n) is 3.45. The van der Waals surface area contributed by atoms with Crippen molar-refractivity contribution in [3.05, 3.63) is 28.2 Å². The number of hydrogen-bond acceptors (Lipinski definition) is 3. The zero-order chi connectivity index (χ0) is 13.0. The van der Waals surface area contributed by atoms with Crippen molar-refractivity contribution >= 4 is 27.7 Å². The molecule has 0 fully saturated rings. The van der Waals surface area contributed by atoms with Crippen LogP contribution in [0, 0.1) is 0 Å². The van der Waals surface area contributed by atoms with Gasteiger partial charge in [0.15, 0.2) is 0 Å². The number of aromatic hydroxyl groups is 1. The topological polar surface area (TPSA) is 83.6 Å². The Morgan fingerprint density at radius 1 is 1.47 bits per heavy atom. The Hall–Kier alpha value is -1.56. The Balaban J connectivity index is 3.01. The molecule has 0 heterocycles. The summed E-state index contributed by atoms with van der Waals surface area (Å²) >= 11 is 3.21. The van der Waals surface area contributed by atoms with Crippen molar-refractivity contribution in [2.45, 2.75) is 6.92 Å². The number of rotatable bonds is 4. The van der Waals surface area contributed by atoms with Gasteiger partial charge in [-0.25, -0.2) is 0 Å². The van der Waals surface area contributed by atoms with Crippen LogP contribution in [0.1, 0.15) is 17.3 Å². The zero-order valence-corrected chi connectivity index (χ0v) is 10.9. The molecule has 0 radical (unpaired) electrons. The summed E-state index contributed by atoms with van der Waals surface area (Å²) < 4.78 is 0.675. The number of phenols is 1. The summed E-state index contributed by atoms with van der Waals surface area (Å²) in [7, 11) is 0.